The summed E-state index contributed by atoms with van der Waals surface area (Å²) in [4.78, 5) is 0.0657. The molecule has 3 aromatic carbocycles. The van der Waals surface area contributed by atoms with E-state index < -0.39 is 10.0 Å². The molecule has 6 heteroatoms. The van der Waals surface area contributed by atoms with Crippen LogP contribution in [0.1, 0.15) is 16.7 Å². The minimum atomic E-state index is -3.75. The lowest BCUT2D eigenvalue weighted by atomic mass is 9.92. The van der Waals surface area contributed by atoms with E-state index in [1.807, 2.05) is 48.5 Å². The smallest absolute Gasteiger partial charge is 0.238 e. The number of nitrogens with two attached hydrogens (primary N) is 1. The van der Waals surface area contributed by atoms with E-state index in [-0.39, 0.29) is 4.90 Å². The quantitative estimate of drug-likeness (QED) is 0.730. The van der Waals surface area contributed by atoms with E-state index >= 15 is 0 Å². The Morgan fingerprint density at radius 1 is 0.929 bits per heavy atom. The number of primary sulfonamides is 1. The summed E-state index contributed by atoms with van der Waals surface area (Å²) in [5.41, 5.74) is 3.85. The maximum absolute atomic E-state index is 11.6. The molecule has 0 saturated heterocycles. The van der Waals surface area contributed by atoms with Gasteiger partial charge >= 0.3 is 0 Å². The van der Waals surface area contributed by atoms with Crippen LogP contribution in [0.2, 0.25) is 0 Å². The van der Waals surface area contributed by atoms with Crippen LogP contribution in [0.4, 0.5) is 0 Å². The Kier molecular flexibility index (Phi) is 4.66. The van der Waals surface area contributed by atoms with Gasteiger partial charge in [0.05, 0.1) is 12.0 Å². The van der Waals surface area contributed by atoms with E-state index in [0.29, 0.717) is 12.2 Å². The van der Waals surface area contributed by atoms with E-state index in [4.69, 9.17) is 14.6 Å². The maximum Gasteiger partial charge on any atom is 0.238 e. The van der Waals surface area contributed by atoms with E-state index in [1.165, 1.54) is 12.1 Å². The van der Waals surface area contributed by atoms with Gasteiger partial charge in [0, 0.05) is 17.6 Å². The normalized spacial score (nSPS) is 13.6. The molecule has 0 spiro atoms. The highest BCUT2D eigenvalue weighted by Gasteiger charge is 2.23. The summed E-state index contributed by atoms with van der Waals surface area (Å²) in [5.74, 6) is 2.24. The summed E-state index contributed by atoms with van der Waals surface area (Å²) in [6.07, 6.45) is 0.690. The Hall–Kier alpha value is -3.09. The average molecular weight is 393 g/mol. The molecule has 4 rings (SSSR count). The fourth-order valence-electron chi connectivity index (χ4n) is 3.26. The van der Waals surface area contributed by atoms with Crippen molar-refractivity contribution in [2.75, 3.05) is 7.11 Å². The average Bonchev–Trinajstić information content (AvgIpc) is 2.72. The van der Waals surface area contributed by atoms with Gasteiger partial charge < -0.3 is 9.47 Å². The third kappa shape index (κ3) is 3.52. The first kappa shape index (κ1) is 18.3. The Balaban J connectivity index is 1.86. The Morgan fingerprint density at radius 3 is 2.39 bits per heavy atom. The number of methoxy groups -OCH3 is 1. The predicted octanol–water partition coefficient (Wildman–Crippen LogP) is 3.85. The molecule has 0 amide bonds. The van der Waals surface area contributed by atoms with Gasteiger partial charge in [-0.3, -0.25) is 0 Å². The lowest BCUT2D eigenvalue weighted by Gasteiger charge is -2.24. The zero-order valence-corrected chi connectivity index (χ0v) is 16.1. The van der Waals surface area contributed by atoms with Crippen molar-refractivity contribution in [3.8, 4) is 11.5 Å². The van der Waals surface area contributed by atoms with E-state index in [2.05, 4.69) is 0 Å². The number of sulfonamides is 1. The first-order chi connectivity index (χ1) is 13.5. The highest BCUT2D eigenvalue weighted by Crippen LogP contribution is 2.39. The van der Waals surface area contributed by atoms with Crippen molar-refractivity contribution in [2.45, 2.75) is 11.3 Å². The Morgan fingerprint density at radius 2 is 1.68 bits per heavy atom. The molecule has 1 aliphatic rings. The number of rotatable bonds is 4. The van der Waals surface area contributed by atoms with Crippen LogP contribution in [-0.4, -0.2) is 15.5 Å². The molecule has 0 saturated carbocycles. The highest BCUT2D eigenvalue weighted by atomic mass is 32.2. The zero-order valence-electron chi connectivity index (χ0n) is 15.3. The molecule has 0 unspecified atom stereocenters. The highest BCUT2D eigenvalue weighted by molar-refractivity contribution is 7.89. The molecule has 0 bridgehead atoms. The van der Waals surface area contributed by atoms with Crippen molar-refractivity contribution in [1.29, 1.82) is 0 Å². The van der Waals surface area contributed by atoms with Crippen LogP contribution >= 0.6 is 0 Å². The fraction of sp³-hybridized carbons (Fsp3) is 0.0909. The molecule has 0 aromatic heterocycles. The fourth-order valence-corrected chi connectivity index (χ4v) is 3.78. The van der Waals surface area contributed by atoms with Crippen molar-refractivity contribution >= 4 is 21.4 Å². The first-order valence-corrected chi connectivity index (χ1v) is 10.3. The third-order valence-corrected chi connectivity index (χ3v) is 5.62. The van der Waals surface area contributed by atoms with Gasteiger partial charge in [-0.25, -0.2) is 13.6 Å². The molecule has 0 radical (unpaired) electrons. The molecule has 3 aromatic rings. The number of hydrogen-bond acceptors (Lipinski definition) is 4. The second kappa shape index (κ2) is 7.14. The van der Waals surface area contributed by atoms with Gasteiger partial charge in [0.25, 0.3) is 0 Å². The number of para-hydroxylation sites is 1. The van der Waals surface area contributed by atoms with Crippen LogP contribution in [0.5, 0.6) is 11.5 Å². The van der Waals surface area contributed by atoms with Gasteiger partial charge in [0.15, 0.2) is 0 Å². The summed E-state index contributed by atoms with van der Waals surface area (Å²) in [7, 11) is -2.12. The number of allylic oxidation sites excluding steroid dienone is 1. The van der Waals surface area contributed by atoms with Crippen molar-refractivity contribution in [3.05, 3.63) is 89.5 Å². The van der Waals surface area contributed by atoms with Crippen LogP contribution in [0.25, 0.3) is 11.3 Å². The molecule has 5 nitrogen and oxygen atoms in total. The van der Waals surface area contributed by atoms with E-state index in [9.17, 15) is 8.42 Å². The molecule has 28 heavy (non-hydrogen) atoms. The lowest BCUT2D eigenvalue weighted by Crippen LogP contribution is -2.12. The standard InChI is InChI=1S/C22H19NO4S/c1-26-18-7-4-6-16(13-18)20-14-17-5-2-3-8-21(17)27-22(20)15-9-11-19(12-10-15)28(23,24)25/h2-13H,14H2,1H3,(H2,23,24,25). The van der Waals surface area contributed by atoms with Gasteiger partial charge in [-0.2, -0.15) is 0 Å². The molecule has 2 N–H and O–H groups in total. The van der Waals surface area contributed by atoms with Gasteiger partial charge in [0.2, 0.25) is 10.0 Å². The second-order valence-corrected chi connectivity index (χ2v) is 8.06. The van der Waals surface area contributed by atoms with Crippen LogP contribution < -0.4 is 14.6 Å². The van der Waals surface area contributed by atoms with Crippen LogP contribution in [0, 0.1) is 0 Å². The molecular formula is C22H19NO4S. The number of benzene rings is 3. The molecule has 1 aliphatic heterocycles. The van der Waals surface area contributed by atoms with Gasteiger partial charge in [-0.1, -0.05) is 30.3 Å². The third-order valence-electron chi connectivity index (χ3n) is 4.69. The summed E-state index contributed by atoms with van der Waals surface area (Å²) >= 11 is 0. The summed E-state index contributed by atoms with van der Waals surface area (Å²) in [6.45, 7) is 0. The minimum absolute atomic E-state index is 0.0657. The van der Waals surface area contributed by atoms with Crippen molar-refractivity contribution in [2.24, 2.45) is 5.14 Å². The van der Waals surface area contributed by atoms with Gasteiger partial charge in [-0.05, 0) is 53.6 Å². The summed E-state index contributed by atoms with van der Waals surface area (Å²) in [6, 6.07) is 22.1. The monoisotopic (exact) mass is 393 g/mol. The first-order valence-electron chi connectivity index (χ1n) is 8.72. The maximum atomic E-state index is 11.6. The predicted molar refractivity (Wildman–Crippen MR) is 108 cm³/mol. The van der Waals surface area contributed by atoms with Crippen molar-refractivity contribution in [3.63, 3.8) is 0 Å². The van der Waals surface area contributed by atoms with Crippen molar-refractivity contribution in [1.82, 2.24) is 0 Å². The van der Waals surface area contributed by atoms with Gasteiger partial charge in [-0.15, -0.1) is 0 Å². The molecule has 0 fully saturated rings. The summed E-state index contributed by atoms with van der Waals surface area (Å²) in [5, 5.41) is 5.21. The molecule has 0 aliphatic carbocycles. The zero-order chi connectivity index (χ0) is 19.7. The second-order valence-electron chi connectivity index (χ2n) is 6.50. The molecule has 0 atom stereocenters. The van der Waals surface area contributed by atoms with Gasteiger partial charge in [0.1, 0.15) is 17.3 Å². The van der Waals surface area contributed by atoms with Crippen LogP contribution in [0.15, 0.2) is 77.7 Å². The summed E-state index contributed by atoms with van der Waals surface area (Å²) < 4.78 is 34.7. The van der Waals surface area contributed by atoms with Crippen molar-refractivity contribution < 1.29 is 17.9 Å². The number of ether oxygens (including phenoxy) is 2. The number of fused-ring (bicyclic) bond motifs is 1. The Labute approximate surface area is 164 Å². The van der Waals surface area contributed by atoms with E-state index in [1.54, 1.807) is 19.2 Å². The topological polar surface area (TPSA) is 78.6 Å². The van der Waals surface area contributed by atoms with E-state index in [0.717, 1.165) is 33.8 Å². The number of hydrogen-bond donors (Lipinski definition) is 1. The van der Waals surface area contributed by atoms with Crippen LogP contribution in [-0.2, 0) is 16.4 Å². The minimum Gasteiger partial charge on any atom is -0.497 e. The molecule has 142 valence electrons. The largest absolute Gasteiger partial charge is 0.497 e. The molecule has 1 heterocycles. The Bertz CT molecular complexity index is 1170. The SMILES string of the molecule is COc1cccc(C2=C(c3ccc(S(N)(=O)=O)cc3)Oc3ccccc3C2)c1. The molecular weight excluding hydrogens is 374 g/mol. The van der Waals surface area contributed by atoms with Crippen LogP contribution in [0.3, 0.4) is 0 Å². The lowest BCUT2D eigenvalue weighted by molar-refractivity contribution is 0.414.